The number of rotatable bonds is 3. The highest BCUT2D eigenvalue weighted by molar-refractivity contribution is 6.27. The summed E-state index contributed by atoms with van der Waals surface area (Å²) >= 11 is 4.86. The molecule has 5 heteroatoms. The molecule has 0 aromatic heterocycles. The van der Waals surface area contributed by atoms with Gasteiger partial charge in [0.2, 0.25) is 5.91 Å². The van der Waals surface area contributed by atoms with Crippen molar-refractivity contribution in [3.05, 3.63) is 24.3 Å². The molecule has 1 amide bonds. The Labute approximate surface area is 94.4 Å². The highest BCUT2D eigenvalue weighted by Crippen LogP contribution is 2.21. The number of hydrogen-bond acceptors (Lipinski definition) is 3. The molecule has 0 heterocycles. The van der Waals surface area contributed by atoms with Gasteiger partial charge in [-0.3, -0.25) is 4.79 Å². The Balaban J connectivity index is 0.000000336. The number of para-hydroxylation sites is 2. The Kier molecular flexibility index (Phi) is 7.18. The second kappa shape index (κ2) is 7.94. The SMILES string of the molecule is CNc1ccccc1OC.NC(=O)CCl. The fraction of sp³-hybridized carbons (Fsp3) is 0.300. The maximum absolute atomic E-state index is 9.46. The van der Waals surface area contributed by atoms with Crippen LogP contribution in [0.15, 0.2) is 24.3 Å². The maximum Gasteiger partial charge on any atom is 0.232 e. The molecule has 0 aliphatic heterocycles. The highest BCUT2D eigenvalue weighted by atomic mass is 35.5. The van der Waals surface area contributed by atoms with Crippen molar-refractivity contribution in [2.24, 2.45) is 5.73 Å². The summed E-state index contributed by atoms with van der Waals surface area (Å²) in [5.74, 6) is 0.316. The topological polar surface area (TPSA) is 64.3 Å². The minimum absolute atomic E-state index is 0.0833. The van der Waals surface area contributed by atoms with E-state index in [9.17, 15) is 4.79 Å². The molecule has 0 saturated carbocycles. The van der Waals surface area contributed by atoms with Crippen LogP contribution >= 0.6 is 11.6 Å². The molecule has 0 bridgehead atoms. The van der Waals surface area contributed by atoms with Gasteiger partial charge in [-0.1, -0.05) is 12.1 Å². The number of amides is 1. The molecule has 1 aromatic rings. The number of alkyl halides is 1. The van der Waals surface area contributed by atoms with Crippen LogP contribution in [0, 0.1) is 0 Å². The molecule has 0 aliphatic rings. The van der Waals surface area contributed by atoms with Gasteiger partial charge in [-0.2, -0.15) is 0 Å². The van der Waals surface area contributed by atoms with E-state index < -0.39 is 5.91 Å². The van der Waals surface area contributed by atoms with Gasteiger partial charge in [0.05, 0.1) is 12.8 Å². The van der Waals surface area contributed by atoms with Crippen LogP contribution < -0.4 is 15.8 Å². The molecule has 1 rings (SSSR count). The lowest BCUT2D eigenvalue weighted by Crippen LogP contribution is -2.10. The van der Waals surface area contributed by atoms with E-state index >= 15 is 0 Å². The van der Waals surface area contributed by atoms with E-state index in [0.717, 1.165) is 11.4 Å². The van der Waals surface area contributed by atoms with Gasteiger partial charge in [0, 0.05) is 7.05 Å². The largest absolute Gasteiger partial charge is 0.495 e. The van der Waals surface area contributed by atoms with E-state index in [-0.39, 0.29) is 5.88 Å². The summed E-state index contributed by atoms with van der Waals surface area (Å²) in [6.45, 7) is 0. The number of benzene rings is 1. The number of hydrogen-bond donors (Lipinski definition) is 2. The number of nitrogens with two attached hydrogens (primary N) is 1. The maximum atomic E-state index is 9.46. The Morgan fingerprint density at radius 1 is 1.53 bits per heavy atom. The van der Waals surface area contributed by atoms with Crippen molar-refractivity contribution in [2.75, 3.05) is 25.4 Å². The molecular weight excluding hydrogens is 216 g/mol. The van der Waals surface area contributed by atoms with E-state index in [1.165, 1.54) is 0 Å². The molecular formula is C10H15ClN2O2. The second-order valence-corrected chi connectivity index (χ2v) is 2.82. The monoisotopic (exact) mass is 230 g/mol. The summed E-state index contributed by atoms with van der Waals surface area (Å²) in [6, 6.07) is 7.80. The average molecular weight is 231 g/mol. The lowest BCUT2D eigenvalue weighted by Gasteiger charge is -2.05. The fourth-order valence-electron chi connectivity index (χ4n) is 0.851. The van der Waals surface area contributed by atoms with Crippen LogP contribution in [0.25, 0.3) is 0 Å². The van der Waals surface area contributed by atoms with Crippen molar-refractivity contribution in [1.82, 2.24) is 0 Å². The van der Waals surface area contributed by atoms with Crippen molar-refractivity contribution in [3.8, 4) is 5.75 Å². The van der Waals surface area contributed by atoms with Crippen molar-refractivity contribution >= 4 is 23.2 Å². The minimum Gasteiger partial charge on any atom is -0.495 e. The zero-order valence-electron chi connectivity index (χ0n) is 8.79. The Hall–Kier alpha value is -1.42. The van der Waals surface area contributed by atoms with Crippen LogP contribution in [0.2, 0.25) is 0 Å². The Bertz CT molecular complexity index is 282. The lowest BCUT2D eigenvalue weighted by atomic mass is 10.3. The number of methoxy groups -OCH3 is 1. The van der Waals surface area contributed by atoms with Gasteiger partial charge >= 0.3 is 0 Å². The van der Waals surface area contributed by atoms with Crippen molar-refractivity contribution in [2.45, 2.75) is 0 Å². The third kappa shape index (κ3) is 5.80. The van der Waals surface area contributed by atoms with Crippen LogP contribution in [-0.2, 0) is 4.79 Å². The summed E-state index contributed by atoms with van der Waals surface area (Å²) in [7, 11) is 3.54. The summed E-state index contributed by atoms with van der Waals surface area (Å²) < 4.78 is 5.07. The van der Waals surface area contributed by atoms with Crippen LogP contribution in [0.4, 0.5) is 5.69 Å². The van der Waals surface area contributed by atoms with E-state index in [1.807, 2.05) is 31.3 Å². The van der Waals surface area contributed by atoms with Crippen LogP contribution in [0.5, 0.6) is 5.75 Å². The van der Waals surface area contributed by atoms with E-state index in [4.69, 9.17) is 16.3 Å². The van der Waals surface area contributed by atoms with E-state index in [1.54, 1.807) is 7.11 Å². The van der Waals surface area contributed by atoms with Gasteiger partial charge < -0.3 is 15.8 Å². The number of primary amides is 1. The molecule has 84 valence electrons. The fourth-order valence-corrected chi connectivity index (χ4v) is 0.851. The molecule has 4 nitrogen and oxygen atoms in total. The van der Waals surface area contributed by atoms with E-state index in [0.29, 0.717) is 0 Å². The molecule has 0 atom stereocenters. The third-order valence-corrected chi connectivity index (χ3v) is 1.77. The quantitative estimate of drug-likeness (QED) is 0.773. The van der Waals surface area contributed by atoms with Crippen LogP contribution in [0.3, 0.4) is 0 Å². The van der Waals surface area contributed by atoms with Gasteiger partial charge in [-0.05, 0) is 12.1 Å². The summed E-state index contributed by atoms with van der Waals surface area (Å²) in [5, 5.41) is 3.02. The standard InChI is InChI=1S/C8H11NO.C2H4ClNO/c1-9-7-5-3-4-6-8(7)10-2;3-1-2(4)5/h3-6,9H,1-2H3;1H2,(H2,4,5). The van der Waals surface area contributed by atoms with Crippen molar-refractivity contribution in [1.29, 1.82) is 0 Å². The normalized spacial score (nSPS) is 8.47. The van der Waals surface area contributed by atoms with Gasteiger partial charge in [-0.15, -0.1) is 11.6 Å². The van der Waals surface area contributed by atoms with Crippen molar-refractivity contribution < 1.29 is 9.53 Å². The molecule has 15 heavy (non-hydrogen) atoms. The first-order chi connectivity index (χ1) is 7.15. The number of halogens is 1. The molecule has 0 unspecified atom stereocenters. The second-order valence-electron chi connectivity index (χ2n) is 2.55. The zero-order valence-corrected chi connectivity index (χ0v) is 9.54. The number of carbonyl (C=O) groups is 1. The van der Waals surface area contributed by atoms with Crippen LogP contribution in [0.1, 0.15) is 0 Å². The molecule has 0 spiro atoms. The molecule has 0 saturated heterocycles. The lowest BCUT2D eigenvalue weighted by molar-refractivity contribution is -0.115. The number of ether oxygens (including phenoxy) is 1. The molecule has 0 aliphatic carbocycles. The van der Waals surface area contributed by atoms with Gasteiger partial charge in [0.1, 0.15) is 11.6 Å². The summed E-state index contributed by atoms with van der Waals surface area (Å²) in [4.78, 5) is 9.46. The highest BCUT2D eigenvalue weighted by Gasteiger charge is 1.95. The molecule has 1 aromatic carbocycles. The zero-order chi connectivity index (χ0) is 11.7. The molecule has 0 fully saturated rings. The first kappa shape index (κ1) is 13.6. The number of carbonyl (C=O) groups excluding carboxylic acids is 1. The summed E-state index contributed by atoms with van der Waals surface area (Å²) in [6.07, 6.45) is 0. The van der Waals surface area contributed by atoms with Crippen molar-refractivity contribution in [3.63, 3.8) is 0 Å². The average Bonchev–Trinajstić information content (AvgIpc) is 2.29. The van der Waals surface area contributed by atoms with Gasteiger partial charge in [0.15, 0.2) is 0 Å². The van der Waals surface area contributed by atoms with Crippen LogP contribution in [-0.4, -0.2) is 25.9 Å². The smallest absolute Gasteiger partial charge is 0.232 e. The molecule has 3 N–H and O–H groups in total. The third-order valence-electron chi connectivity index (χ3n) is 1.51. The van der Waals surface area contributed by atoms with E-state index in [2.05, 4.69) is 11.1 Å². The van der Waals surface area contributed by atoms with Gasteiger partial charge in [-0.25, -0.2) is 0 Å². The van der Waals surface area contributed by atoms with Gasteiger partial charge in [0.25, 0.3) is 0 Å². The first-order valence-corrected chi connectivity index (χ1v) is 4.84. The predicted molar refractivity (Wildman–Crippen MR) is 62.5 cm³/mol. The number of anilines is 1. The Morgan fingerprint density at radius 3 is 2.40 bits per heavy atom. The molecule has 0 radical (unpaired) electrons. The minimum atomic E-state index is -0.480. The first-order valence-electron chi connectivity index (χ1n) is 4.30. The number of nitrogens with one attached hydrogen (secondary N) is 1. The Morgan fingerprint density at radius 2 is 2.07 bits per heavy atom. The predicted octanol–water partition coefficient (Wildman–Crippen LogP) is 1.45. The summed E-state index contributed by atoms with van der Waals surface area (Å²) in [5.41, 5.74) is 5.54.